The molecule has 112 valence electrons. The lowest BCUT2D eigenvalue weighted by atomic mass is 10.1. The van der Waals surface area contributed by atoms with Gasteiger partial charge in [0.1, 0.15) is 5.75 Å². The van der Waals surface area contributed by atoms with E-state index in [2.05, 4.69) is 19.2 Å². The highest BCUT2D eigenvalue weighted by atomic mass is 35.5. The Morgan fingerprint density at radius 1 is 1.40 bits per heavy atom. The Balaban J connectivity index is 0.00000200. The second-order valence-electron chi connectivity index (χ2n) is 4.85. The van der Waals surface area contributed by atoms with Crippen molar-refractivity contribution in [1.82, 2.24) is 10.2 Å². The van der Waals surface area contributed by atoms with Crippen LogP contribution in [0.15, 0.2) is 29.2 Å². The van der Waals surface area contributed by atoms with E-state index in [0.717, 1.165) is 18.0 Å². The van der Waals surface area contributed by atoms with E-state index in [1.807, 2.05) is 17.0 Å². The highest BCUT2D eigenvalue weighted by Crippen LogP contribution is 2.21. The van der Waals surface area contributed by atoms with Crippen LogP contribution in [0, 0.1) is 0 Å². The number of rotatable bonds is 3. The summed E-state index contributed by atoms with van der Waals surface area (Å²) in [7, 11) is 0. The molecule has 0 aromatic heterocycles. The van der Waals surface area contributed by atoms with E-state index >= 15 is 0 Å². The maximum atomic E-state index is 12.2. The number of phenols is 1. The number of benzene rings is 1. The topological polar surface area (TPSA) is 52.6 Å². The van der Waals surface area contributed by atoms with Crippen molar-refractivity contribution in [3.63, 3.8) is 0 Å². The molecule has 20 heavy (non-hydrogen) atoms. The van der Waals surface area contributed by atoms with Crippen molar-refractivity contribution < 1.29 is 9.90 Å². The zero-order chi connectivity index (χ0) is 13.8. The van der Waals surface area contributed by atoms with E-state index in [0.29, 0.717) is 11.8 Å². The Morgan fingerprint density at radius 2 is 2.05 bits per heavy atom. The van der Waals surface area contributed by atoms with Gasteiger partial charge in [-0.05, 0) is 38.1 Å². The Morgan fingerprint density at radius 3 is 2.70 bits per heavy atom. The summed E-state index contributed by atoms with van der Waals surface area (Å²) in [5, 5.41) is 12.6. The van der Waals surface area contributed by atoms with Gasteiger partial charge in [-0.1, -0.05) is 0 Å². The summed E-state index contributed by atoms with van der Waals surface area (Å²) in [6, 6.07) is 7.52. The number of aromatic hydroxyl groups is 1. The van der Waals surface area contributed by atoms with Crippen LogP contribution in [0.3, 0.4) is 0 Å². The average Bonchev–Trinajstić information content (AvgIpc) is 2.41. The van der Waals surface area contributed by atoms with Gasteiger partial charge < -0.3 is 15.3 Å². The van der Waals surface area contributed by atoms with Gasteiger partial charge in [-0.3, -0.25) is 4.79 Å². The van der Waals surface area contributed by atoms with Gasteiger partial charge in [-0.25, -0.2) is 0 Å². The molecule has 0 spiro atoms. The van der Waals surface area contributed by atoms with Crippen LogP contribution in [0.4, 0.5) is 0 Å². The summed E-state index contributed by atoms with van der Waals surface area (Å²) in [6.45, 7) is 5.83. The number of carbonyl (C=O) groups is 1. The van der Waals surface area contributed by atoms with E-state index < -0.39 is 0 Å². The Bertz CT molecular complexity index is 441. The minimum absolute atomic E-state index is 0. The summed E-state index contributed by atoms with van der Waals surface area (Å²) in [5.41, 5.74) is 0. The van der Waals surface area contributed by atoms with Crippen LogP contribution in [0.1, 0.15) is 13.8 Å². The molecule has 1 aromatic carbocycles. The number of amides is 1. The lowest BCUT2D eigenvalue weighted by molar-refractivity contribution is -0.131. The van der Waals surface area contributed by atoms with Crippen LogP contribution in [0.5, 0.6) is 5.75 Å². The quantitative estimate of drug-likeness (QED) is 0.839. The number of halogens is 1. The first-order valence-electron chi connectivity index (χ1n) is 6.52. The first-order chi connectivity index (χ1) is 9.08. The third-order valence-corrected chi connectivity index (χ3v) is 4.55. The summed E-state index contributed by atoms with van der Waals surface area (Å²) in [5.74, 6) is 0.876. The molecule has 1 saturated heterocycles. The van der Waals surface area contributed by atoms with Gasteiger partial charge in [-0.15, -0.1) is 24.2 Å². The molecular weight excluding hydrogens is 296 g/mol. The van der Waals surface area contributed by atoms with Crippen molar-refractivity contribution in [1.29, 1.82) is 0 Å². The van der Waals surface area contributed by atoms with Crippen molar-refractivity contribution in [3.8, 4) is 5.75 Å². The molecule has 2 atom stereocenters. The largest absolute Gasteiger partial charge is 0.508 e. The third-order valence-electron chi connectivity index (χ3n) is 3.55. The first kappa shape index (κ1) is 17.1. The molecule has 1 aliphatic heterocycles. The molecule has 1 aromatic rings. The molecule has 1 fully saturated rings. The predicted octanol–water partition coefficient (Wildman–Crippen LogP) is 2.11. The molecular formula is C14H21ClN2O2S. The van der Waals surface area contributed by atoms with Gasteiger partial charge in [-0.2, -0.15) is 0 Å². The number of phenolic OH excluding ortho intramolecular Hbond substituents is 1. The van der Waals surface area contributed by atoms with E-state index in [1.165, 1.54) is 11.8 Å². The molecule has 2 unspecified atom stereocenters. The zero-order valence-electron chi connectivity index (χ0n) is 11.7. The number of carbonyl (C=O) groups excluding carboxylic acids is 1. The molecule has 1 heterocycles. The van der Waals surface area contributed by atoms with E-state index in [1.54, 1.807) is 12.1 Å². The summed E-state index contributed by atoms with van der Waals surface area (Å²) in [6.07, 6.45) is 0. The molecule has 0 radical (unpaired) electrons. The molecule has 1 aliphatic rings. The second-order valence-corrected chi connectivity index (χ2v) is 5.90. The number of piperazine rings is 1. The van der Waals surface area contributed by atoms with Gasteiger partial charge in [0, 0.05) is 30.1 Å². The van der Waals surface area contributed by atoms with Crippen molar-refractivity contribution in [2.45, 2.75) is 30.8 Å². The van der Waals surface area contributed by atoms with Crippen LogP contribution in [0.2, 0.25) is 0 Å². The van der Waals surface area contributed by atoms with Gasteiger partial charge in [0.25, 0.3) is 0 Å². The smallest absolute Gasteiger partial charge is 0.233 e. The average molecular weight is 317 g/mol. The molecule has 6 heteroatoms. The van der Waals surface area contributed by atoms with Crippen molar-refractivity contribution in [3.05, 3.63) is 24.3 Å². The van der Waals surface area contributed by atoms with Crippen LogP contribution in [-0.2, 0) is 4.79 Å². The minimum atomic E-state index is 0. The van der Waals surface area contributed by atoms with Crippen LogP contribution in [-0.4, -0.2) is 46.8 Å². The molecule has 0 bridgehead atoms. The molecule has 1 amide bonds. The number of hydrogen-bond donors (Lipinski definition) is 2. The maximum Gasteiger partial charge on any atom is 0.233 e. The molecule has 0 saturated carbocycles. The van der Waals surface area contributed by atoms with Crippen LogP contribution < -0.4 is 5.32 Å². The molecule has 2 rings (SSSR count). The fourth-order valence-corrected chi connectivity index (χ4v) is 2.96. The van der Waals surface area contributed by atoms with Gasteiger partial charge in [0.15, 0.2) is 0 Å². The molecule has 2 N–H and O–H groups in total. The predicted molar refractivity (Wildman–Crippen MR) is 84.7 cm³/mol. The zero-order valence-corrected chi connectivity index (χ0v) is 13.3. The van der Waals surface area contributed by atoms with Crippen molar-refractivity contribution in [2.24, 2.45) is 0 Å². The van der Waals surface area contributed by atoms with Gasteiger partial charge in [0.05, 0.1) is 5.75 Å². The van der Waals surface area contributed by atoms with Gasteiger partial charge in [0.2, 0.25) is 5.91 Å². The van der Waals surface area contributed by atoms with Crippen molar-refractivity contribution in [2.75, 3.05) is 18.8 Å². The third kappa shape index (κ3) is 4.30. The number of nitrogens with one attached hydrogen (secondary N) is 1. The SMILES string of the molecule is CC1NCCN(C(=O)CSc2ccc(O)cc2)C1C.Cl. The fourth-order valence-electron chi connectivity index (χ4n) is 2.18. The first-order valence-corrected chi connectivity index (χ1v) is 7.51. The Hall–Kier alpha value is -0.910. The Labute approximate surface area is 130 Å². The summed E-state index contributed by atoms with van der Waals surface area (Å²) in [4.78, 5) is 15.2. The highest BCUT2D eigenvalue weighted by Gasteiger charge is 2.27. The lowest BCUT2D eigenvalue weighted by Gasteiger charge is -2.38. The fraction of sp³-hybridized carbons (Fsp3) is 0.500. The highest BCUT2D eigenvalue weighted by molar-refractivity contribution is 8.00. The summed E-state index contributed by atoms with van der Waals surface area (Å²) >= 11 is 1.51. The monoisotopic (exact) mass is 316 g/mol. The number of nitrogens with zero attached hydrogens (tertiary/aromatic N) is 1. The van der Waals surface area contributed by atoms with Crippen LogP contribution in [0.25, 0.3) is 0 Å². The van der Waals surface area contributed by atoms with E-state index in [9.17, 15) is 9.90 Å². The number of thioether (sulfide) groups is 1. The molecule has 4 nitrogen and oxygen atoms in total. The molecule has 0 aliphatic carbocycles. The van der Waals surface area contributed by atoms with Crippen molar-refractivity contribution >= 4 is 30.1 Å². The van der Waals surface area contributed by atoms with Crippen LogP contribution >= 0.6 is 24.2 Å². The second kappa shape index (κ2) is 7.76. The minimum Gasteiger partial charge on any atom is -0.508 e. The van der Waals surface area contributed by atoms with E-state index in [-0.39, 0.29) is 30.1 Å². The maximum absolute atomic E-state index is 12.2. The number of hydrogen-bond acceptors (Lipinski definition) is 4. The van der Waals surface area contributed by atoms with Gasteiger partial charge >= 0.3 is 0 Å². The summed E-state index contributed by atoms with van der Waals surface area (Å²) < 4.78 is 0. The normalized spacial score (nSPS) is 22.2. The standard InChI is InChI=1S/C14H20N2O2S.ClH/c1-10-11(2)16(8-7-15-10)14(18)9-19-13-5-3-12(17)4-6-13;/h3-6,10-11,15,17H,7-9H2,1-2H3;1H. The Kier molecular flexibility index (Phi) is 6.65. The lowest BCUT2D eigenvalue weighted by Crippen LogP contribution is -2.57. The van der Waals surface area contributed by atoms with E-state index in [4.69, 9.17) is 0 Å².